The van der Waals surface area contributed by atoms with Crippen LogP contribution in [0.5, 0.6) is 5.75 Å². The van der Waals surface area contributed by atoms with Crippen molar-refractivity contribution < 1.29 is 17.9 Å². The van der Waals surface area contributed by atoms with E-state index in [1.807, 2.05) is 6.92 Å². The van der Waals surface area contributed by atoms with Crippen LogP contribution in [0.3, 0.4) is 0 Å². The summed E-state index contributed by atoms with van der Waals surface area (Å²) < 4.78 is 43.6. The van der Waals surface area contributed by atoms with Gasteiger partial charge in [-0.1, -0.05) is 0 Å². The molecule has 0 amide bonds. The molecule has 5 nitrogen and oxygen atoms in total. The van der Waals surface area contributed by atoms with Crippen molar-refractivity contribution in [2.45, 2.75) is 13.1 Å². The maximum atomic E-state index is 12.7. The van der Waals surface area contributed by atoms with Crippen LogP contribution in [0.1, 0.15) is 18.3 Å². The Labute approximate surface area is 123 Å². The van der Waals surface area contributed by atoms with Gasteiger partial charge in [0.1, 0.15) is 5.75 Å². The number of benzene rings is 1. The summed E-state index contributed by atoms with van der Waals surface area (Å²) in [5.41, 5.74) is 0.606. The van der Waals surface area contributed by atoms with Gasteiger partial charge in [0.2, 0.25) is 4.77 Å². The van der Waals surface area contributed by atoms with E-state index < -0.39 is 12.0 Å². The normalized spacial score (nSPS) is 12.0. The molecule has 2 rings (SSSR count). The molecular weight excluding hydrogens is 305 g/mol. The molecule has 0 spiro atoms. The molecule has 1 aromatic heterocycles. The molecular formula is C12H11F3N4OS. The van der Waals surface area contributed by atoms with Gasteiger partial charge in [-0.05, 0) is 49.0 Å². The maximum absolute atomic E-state index is 12.7. The smallest absolute Gasteiger partial charge is 0.453 e. The van der Waals surface area contributed by atoms with Gasteiger partial charge in [0, 0.05) is 0 Å². The predicted molar refractivity (Wildman–Crippen MR) is 73.0 cm³/mol. The van der Waals surface area contributed by atoms with E-state index in [1.54, 1.807) is 24.3 Å². The molecule has 0 bridgehead atoms. The summed E-state index contributed by atoms with van der Waals surface area (Å²) in [7, 11) is 0. The Balaban J connectivity index is 2.25. The van der Waals surface area contributed by atoms with Crippen LogP contribution in [0.2, 0.25) is 0 Å². The van der Waals surface area contributed by atoms with Crippen molar-refractivity contribution in [2.75, 3.05) is 6.61 Å². The van der Waals surface area contributed by atoms with Crippen LogP contribution < -0.4 is 4.74 Å². The van der Waals surface area contributed by atoms with Crippen molar-refractivity contribution in [3.05, 3.63) is 40.4 Å². The lowest BCUT2D eigenvalue weighted by molar-refractivity contribution is -0.147. The predicted octanol–water partition coefficient (Wildman–Crippen LogP) is 3.24. The Morgan fingerprint density at radius 2 is 2.05 bits per heavy atom. The minimum atomic E-state index is -4.64. The molecule has 0 atom stereocenters. The third kappa shape index (κ3) is 3.69. The quantitative estimate of drug-likeness (QED) is 0.696. The minimum Gasteiger partial charge on any atom is -0.494 e. The number of hydrogen-bond acceptors (Lipinski definition) is 4. The zero-order valence-corrected chi connectivity index (χ0v) is 11.7. The standard InChI is InChI=1S/C12H11F3N4OS/c1-2-20-9-5-3-8(4-6-9)7-16-19-10(12(13,14)15)17-18-11(19)21/h3-7H,2H2,1H3,(H,18,21)/b16-7+. The molecule has 0 fully saturated rings. The second kappa shape index (κ2) is 6.08. The van der Waals surface area contributed by atoms with Crippen LogP contribution in [-0.4, -0.2) is 27.7 Å². The van der Waals surface area contributed by atoms with E-state index in [0.717, 1.165) is 0 Å². The molecule has 9 heteroatoms. The third-order valence-corrected chi connectivity index (χ3v) is 2.68. The maximum Gasteiger partial charge on any atom is 0.453 e. The number of nitrogens with one attached hydrogen (secondary N) is 1. The van der Waals surface area contributed by atoms with Crippen LogP contribution in [0.4, 0.5) is 13.2 Å². The van der Waals surface area contributed by atoms with E-state index in [-0.39, 0.29) is 4.77 Å². The Hall–Kier alpha value is -2.16. The Morgan fingerprint density at radius 1 is 1.38 bits per heavy atom. The SMILES string of the molecule is CCOc1ccc(/C=N/n2c(C(F)(F)F)n[nH]c2=S)cc1. The highest BCUT2D eigenvalue weighted by molar-refractivity contribution is 7.71. The molecule has 0 radical (unpaired) electrons. The second-order valence-electron chi connectivity index (χ2n) is 3.91. The van der Waals surface area contributed by atoms with E-state index in [1.165, 1.54) is 6.21 Å². The van der Waals surface area contributed by atoms with Crippen LogP contribution in [0.25, 0.3) is 0 Å². The highest BCUT2D eigenvalue weighted by atomic mass is 32.1. The van der Waals surface area contributed by atoms with Gasteiger partial charge in [-0.15, -0.1) is 5.10 Å². The summed E-state index contributed by atoms with van der Waals surface area (Å²) >= 11 is 4.72. The van der Waals surface area contributed by atoms with Crippen molar-refractivity contribution in [3.8, 4) is 5.75 Å². The summed E-state index contributed by atoms with van der Waals surface area (Å²) in [6.07, 6.45) is -3.37. The van der Waals surface area contributed by atoms with Gasteiger partial charge in [-0.25, -0.2) is 5.10 Å². The Bertz CT molecular complexity index is 688. The summed E-state index contributed by atoms with van der Waals surface area (Å²) in [6.45, 7) is 2.39. The fourth-order valence-corrected chi connectivity index (χ4v) is 1.70. The monoisotopic (exact) mass is 316 g/mol. The number of nitrogens with zero attached hydrogens (tertiary/aromatic N) is 3. The highest BCUT2D eigenvalue weighted by Gasteiger charge is 2.37. The first kappa shape index (κ1) is 15.2. The fourth-order valence-electron chi connectivity index (χ4n) is 1.52. The van der Waals surface area contributed by atoms with Crippen molar-refractivity contribution in [1.29, 1.82) is 0 Å². The molecule has 0 aliphatic heterocycles. The van der Waals surface area contributed by atoms with Crippen LogP contribution in [-0.2, 0) is 6.18 Å². The van der Waals surface area contributed by atoms with Gasteiger partial charge in [0.25, 0.3) is 5.82 Å². The van der Waals surface area contributed by atoms with E-state index in [2.05, 4.69) is 15.3 Å². The molecule has 0 saturated heterocycles. The van der Waals surface area contributed by atoms with Crippen molar-refractivity contribution in [1.82, 2.24) is 14.9 Å². The van der Waals surface area contributed by atoms with E-state index in [0.29, 0.717) is 22.6 Å². The van der Waals surface area contributed by atoms with Crippen LogP contribution in [0, 0.1) is 4.77 Å². The molecule has 1 N–H and O–H groups in total. The topological polar surface area (TPSA) is 55.2 Å². The van der Waals surface area contributed by atoms with E-state index in [9.17, 15) is 13.2 Å². The van der Waals surface area contributed by atoms with E-state index in [4.69, 9.17) is 17.0 Å². The largest absolute Gasteiger partial charge is 0.494 e. The molecule has 1 heterocycles. The number of hydrogen-bond donors (Lipinski definition) is 1. The van der Waals surface area contributed by atoms with Gasteiger partial charge in [0.15, 0.2) is 0 Å². The molecule has 2 aromatic rings. The van der Waals surface area contributed by atoms with Crippen molar-refractivity contribution in [3.63, 3.8) is 0 Å². The van der Waals surface area contributed by atoms with Gasteiger partial charge in [-0.2, -0.15) is 22.9 Å². The number of H-pyrrole nitrogens is 1. The number of aromatic nitrogens is 3. The average Bonchev–Trinajstić information content (AvgIpc) is 2.79. The van der Waals surface area contributed by atoms with Crippen LogP contribution >= 0.6 is 12.2 Å². The number of aromatic amines is 1. The molecule has 21 heavy (non-hydrogen) atoms. The number of halogens is 3. The average molecular weight is 316 g/mol. The molecule has 0 unspecified atom stereocenters. The lowest BCUT2D eigenvalue weighted by atomic mass is 10.2. The fraction of sp³-hybridized carbons (Fsp3) is 0.250. The third-order valence-electron chi connectivity index (χ3n) is 2.42. The Morgan fingerprint density at radius 3 is 2.62 bits per heavy atom. The zero-order valence-electron chi connectivity index (χ0n) is 10.9. The molecule has 0 aliphatic carbocycles. The Kier molecular flexibility index (Phi) is 4.41. The van der Waals surface area contributed by atoms with Gasteiger partial charge >= 0.3 is 6.18 Å². The summed E-state index contributed by atoms with van der Waals surface area (Å²) in [5.74, 6) is -0.528. The zero-order chi connectivity index (χ0) is 15.5. The summed E-state index contributed by atoms with van der Waals surface area (Å²) in [5, 5.41) is 8.90. The van der Waals surface area contributed by atoms with Crippen LogP contribution in [0.15, 0.2) is 29.4 Å². The molecule has 1 aromatic carbocycles. The highest BCUT2D eigenvalue weighted by Crippen LogP contribution is 2.27. The molecule has 112 valence electrons. The summed E-state index contributed by atoms with van der Waals surface area (Å²) in [6, 6.07) is 6.74. The van der Waals surface area contributed by atoms with Gasteiger partial charge in [-0.3, -0.25) is 0 Å². The first-order valence-corrected chi connectivity index (χ1v) is 6.34. The number of rotatable bonds is 4. The van der Waals surface area contributed by atoms with E-state index >= 15 is 0 Å². The first-order chi connectivity index (χ1) is 9.91. The number of alkyl halides is 3. The first-order valence-electron chi connectivity index (χ1n) is 5.93. The van der Waals surface area contributed by atoms with Crippen molar-refractivity contribution >= 4 is 18.4 Å². The second-order valence-corrected chi connectivity index (χ2v) is 4.30. The molecule has 0 aliphatic rings. The van der Waals surface area contributed by atoms with Gasteiger partial charge < -0.3 is 4.74 Å². The minimum absolute atomic E-state index is 0.232. The lowest BCUT2D eigenvalue weighted by Crippen LogP contribution is -2.12. The lowest BCUT2D eigenvalue weighted by Gasteiger charge is -2.04. The summed E-state index contributed by atoms with van der Waals surface area (Å²) in [4.78, 5) is 0. The van der Waals surface area contributed by atoms with Crippen molar-refractivity contribution in [2.24, 2.45) is 5.10 Å². The van der Waals surface area contributed by atoms with Gasteiger partial charge in [0.05, 0.1) is 12.8 Å². The molecule has 0 saturated carbocycles. The number of ether oxygens (including phenoxy) is 1.